The molecule has 18 heavy (non-hydrogen) atoms. The maximum Gasteiger partial charge on any atom is 0.344 e. The lowest BCUT2D eigenvalue weighted by Gasteiger charge is -2.09. The van der Waals surface area contributed by atoms with Gasteiger partial charge in [-0.05, 0) is 12.1 Å². The summed E-state index contributed by atoms with van der Waals surface area (Å²) < 4.78 is 9.50. The molecule has 1 aromatic rings. The Morgan fingerprint density at radius 1 is 1.33 bits per heavy atom. The predicted octanol–water partition coefficient (Wildman–Crippen LogP) is 1.03. The van der Waals surface area contributed by atoms with Gasteiger partial charge in [0.25, 0.3) is 0 Å². The van der Waals surface area contributed by atoms with Crippen molar-refractivity contribution in [1.82, 2.24) is 0 Å². The molecule has 9 heteroatoms. The number of rotatable bonds is 6. The molecule has 0 unspecified atom stereocenters. The monoisotopic (exact) mass is 256 g/mol. The second-order valence-electron chi connectivity index (χ2n) is 3.02. The van der Waals surface area contributed by atoms with Crippen LogP contribution in [0.25, 0.3) is 0 Å². The van der Waals surface area contributed by atoms with E-state index in [0.29, 0.717) is 0 Å². The molecule has 0 aromatic heterocycles. The van der Waals surface area contributed by atoms with E-state index < -0.39 is 28.0 Å². The summed E-state index contributed by atoms with van der Waals surface area (Å²) in [5, 5.41) is 21.1. The topological polar surface area (TPSA) is 122 Å². The first-order chi connectivity index (χ1) is 8.51. The number of nitro benzene ring substituents is 1. The third kappa shape index (κ3) is 2.70. The number of nitro groups is 2. The number of hydrogen-bond donors (Lipinski definition) is 0. The average Bonchev–Trinajstić information content (AvgIpc) is 2.34. The van der Waals surface area contributed by atoms with Crippen LogP contribution in [0.5, 0.6) is 11.5 Å². The largest absolute Gasteiger partial charge is 0.493 e. The van der Waals surface area contributed by atoms with Gasteiger partial charge in [0, 0.05) is 0 Å². The molecule has 0 N–H and O–H groups in total. The van der Waals surface area contributed by atoms with E-state index in [2.05, 4.69) is 0 Å². The van der Waals surface area contributed by atoms with Crippen LogP contribution in [0.4, 0.5) is 5.69 Å². The lowest BCUT2D eigenvalue weighted by molar-refractivity contribution is -0.514. The molecule has 96 valence electrons. The summed E-state index contributed by atoms with van der Waals surface area (Å²) >= 11 is 0. The number of aldehydes is 1. The highest BCUT2D eigenvalue weighted by atomic mass is 16.7. The molecular formula is C9H8N2O7. The molecule has 0 aliphatic carbocycles. The van der Waals surface area contributed by atoms with Crippen molar-refractivity contribution in [3.63, 3.8) is 0 Å². The second kappa shape index (κ2) is 5.57. The van der Waals surface area contributed by atoms with Gasteiger partial charge in [-0.2, -0.15) is 0 Å². The Balaban J connectivity index is 3.35. The van der Waals surface area contributed by atoms with Crippen molar-refractivity contribution in [3.05, 3.63) is 37.9 Å². The van der Waals surface area contributed by atoms with E-state index in [1.165, 1.54) is 19.2 Å². The Hall–Kier alpha value is -2.71. The minimum atomic E-state index is -0.973. The molecule has 0 saturated carbocycles. The second-order valence-corrected chi connectivity index (χ2v) is 3.02. The van der Waals surface area contributed by atoms with E-state index in [0.717, 1.165) is 0 Å². The van der Waals surface area contributed by atoms with Crippen LogP contribution in [0.3, 0.4) is 0 Å². The molecule has 0 heterocycles. The van der Waals surface area contributed by atoms with Crippen LogP contribution in [0.1, 0.15) is 10.4 Å². The molecule has 0 atom stereocenters. The van der Waals surface area contributed by atoms with Crippen molar-refractivity contribution < 1.29 is 24.1 Å². The minimum absolute atomic E-state index is 0.0610. The maximum absolute atomic E-state index is 10.9. The van der Waals surface area contributed by atoms with Crippen molar-refractivity contribution in [2.45, 2.75) is 0 Å². The Morgan fingerprint density at radius 2 is 2.00 bits per heavy atom. The number of carbonyl (C=O) groups is 1. The third-order valence-corrected chi connectivity index (χ3v) is 1.97. The van der Waals surface area contributed by atoms with Crippen LogP contribution in [0.15, 0.2) is 12.1 Å². The summed E-state index contributed by atoms with van der Waals surface area (Å²) in [4.78, 5) is 30.1. The first-order valence-electron chi connectivity index (χ1n) is 4.56. The number of carbonyl (C=O) groups excluding carboxylic acids is 1. The highest BCUT2D eigenvalue weighted by Crippen LogP contribution is 2.38. The molecular weight excluding hydrogens is 248 g/mol. The van der Waals surface area contributed by atoms with Gasteiger partial charge in [0.2, 0.25) is 5.75 Å². The van der Waals surface area contributed by atoms with Crippen LogP contribution in [0, 0.1) is 20.2 Å². The molecule has 0 aliphatic rings. The zero-order valence-corrected chi connectivity index (χ0v) is 9.19. The number of nitrogens with zero attached hydrogens (tertiary/aromatic N) is 2. The zero-order chi connectivity index (χ0) is 13.7. The molecule has 1 rings (SSSR count). The highest BCUT2D eigenvalue weighted by Gasteiger charge is 2.26. The Morgan fingerprint density at radius 3 is 2.44 bits per heavy atom. The van der Waals surface area contributed by atoms with Crippen LogP contribution in [0.2, 0.25) is 0 Å². The van der Waals surface area contributed by atoms with E-state index in [4.69, 9.17) is 9.47 Å². The van der Waals surface area contributed by atoms with Gasteiger partial charge in [-0.15, -0.1) is 0 Å². The van der Waals surface area contributed by atoms with Crippen molar-refractivity contribution in [2.75, 3.05) is 13.8 Å². The van der Waals surface area contributed by atoms with Gasteiger partial charge in [0.15, 0.2) is 12.0 Å². The Labute approximate surface area is 100 Å². The molecule has 0 fully saturated rings. The van der Waals surface area contributed by atoms with Gasteiger partial charge in [-0.25, -0.2) is 0 Å². The molecule has 0 aliphatic heterocycles. The summed E-state index contributed by atoms with van der Waals surface area (Å²) in [6.45, 7) is -0.973. The van der Waals surface area contributed by atoms with Crippen LogP contribution >= 0.6 is 0 Å². The van der Waals surface area contributed by atoms with E-state index in [9.17, 15) is 25.0 Å². The Bertz CT molecular complexity index is 500. The van der Waals surface area contributed by atoms with Gasteiger partial charge < -0.3 is 9.47 Å². The fourth-order valence-corrected chi connectivity index (χ4v) is 1.27. The van der Waals surface area contributed by atoms with Crippen molar-refractivity contribution in [3.8, 4) is 11.5 Å². The molecule has 9 nitrogen and oxygen atoms in total. The maximum atomic E-state index is 10.9. The summed E-state index contributed by atoms with van der Waals surface area (Å²) in [6, 6.07) is 2.43. The predicted molar refractivity (Wildman–Crippen MR) is 57.5 cm³/mol. The lowest BCUT2D eigenvalue weighted by atomic mass is 10.1. The molecule has 0 amide bonds. The van der Waals surface area contributed by atoms with E-state index >= 15 is 0 Å². The van der Waals surface area contributed by atoms with Gasteiger partial charge in [0.05, 0.1) is 22.5 Å². The molecule has 0 spiro atoms. The summed E-state index contributed by atoms with van der Waals surface area (Å²) in [6.07, 6.45) is 0.261. The lowest BCUT2D eigenvalue weighted by Crippen LogP contribution is -2.11. The fourth-order valence-electron chi connectivity index (χ4n) is 1.27. The number of ether oxygens (including phenoxy) is 2. The van der Waals surface area contributed by atoms with Crippen molar-refractivity contribution >= 4 is 12.0 Å². The molecule has 1 aromatic carbocycles. The van der Waals surface area contributed by atoms with E-state index in [1.807, 2.05) is 0 Å². The number of benzene rings is 1. The minimum Gasteiger partial charge on any atom is -0.493 e. The van der Waals surface area contributed by atoms with Crippen molar-refractivity contribution in [2.24, 2.45) is 0 Å². The van der Waals surface area contributed by atoms with Crippen molar-refractivity contribution in [1.29, 1.82) is 0 Å². The molecule has 0 radical (unpaired) electrons. The molecule has 0 saturated heterocycles. The average molecular weight is 256 g/mol. The molecule has 0 bridgehead atoms. The first-order valence-corrected chi connectivity index (χ1v) is 4.56. The van der Waals surface area contributed by atoms with Crippen LogP contribution < -0.4 is 9.47 Å². The standard InChI is InChI=1S/C9H8N2O7/c1-17-7-3-2-6(4-12)8(11(15)16)9(7)18-5-10(13)14/h2-4H,5H2,1H3. The normalized spacial score (nSPS) is 9.61. The van der Waals surface area contributed by atoms with E-state index in [-0.39, 0.29) is 17.6 Å². The summed E-state index contributed by atoms with van der Waals surface area (Å²) in [5.41, 5.74) is -0.912. The number of methoxy groups -OCH3 is 1. The smallest absolute Gasteiger partial charge is 0.344 e. The van der Waals surface area contributed by atoms with Crippen LogP contribution in [-0.2, 0) is 0 Å². The van der Waals surface area contributed by atoms with Gasteiger partial charge in [-0.3, -0.25) is 25.0 Å². The van der Waals surface area contributed by atoms with Gasteiger partial charge >= 0.3 is 12.4 Å². The fraction of sp³-hybridized carbons (Fsp3) is 0.222. The third-order valence-electron chi connectivity index (χ3n) is 1.97. The zero-order valence-electron chi connectivity index (χ0n) is 9.19. The SMILES string of the molecule is COc1ccc(C=O)c([N+](=O)[O-])c1OC[N+](=O)[O-]. The highest BCUT2D eigenvalue weighted by molar-refractivity contribution is 5.85. The summed E-state index contributed by atoms with van der Waals surface area (Å²) in [5.74, 6) is -0.502. The van der Waals surface area contributed by atoms with Gasteiger partial charge in [0.1, 0.15) is 0 Å². The quantitative estimate of drug-likeness (QED) is 0.322. The van der Waals surface area contributed by atoms with Crippen LogP contribution in [-0.4, -0.2) is 30.0 Å². The summed E-state index contributed by atoms with van der Waals surface area (Å²) in [7, 11) is 1.22. The van der Waals surface area contributed by atoms with E-state index in [1.54, 1.807) is 0 Å². The first kappa shape index (κ1) is 13.4. The van der Waals surface area contributed by atoms with Gasteiger partial charge in [-0.1, -0.05) is 0 Å². The Kier molecular flexibility index (Phi) is 4.13. The number of hydrogen-bond acceptors (Lipinski definition) is 7.